The van der Waals surface area contributed by atoms with Crippen LogP contribution in [0.4, 0.5) is 0 Å². The summed E-state index contributed by atoms with van der Waals surface area (Å²) < 4.78 is 12.6. The van der Waals surface area contributed by atoms with Crippen LogP contribution in [0.5, 0.6) is 5.75 Å². The van der Waals surface area contributed by atoms with E-state index >= 15 is 0 Å². The van der Waals surface area contributed by atoms with Crippen LogP contribution in [0.1, 0.15) is 17.4 Å². The topological polar surface area (TPSA) is 52.8 Å². The summed E-state index contributed by atoms with van der Waals surface area (Å²) in [4.78, 5) is 15.7. The van der Waals surface area contributed by atoms with E-state index in [0.717, 1.165) is 4.47 Å². The Bertz CT molecular complexity index is 565. The maximum Gasteiger partial charge on any atom is 0.358 e. The lowest BCUT2D eigenvalue weighted by atomic mass is 10.4. The first-order valence-electron chi connectivity index (χ1n) is 5.05. The molecule has 0 N–H and O–H groups in total. The van der Waals surface area contributed by atoms with Gasteiger partial charge in [0.25, 0.3) is 0 Å². The zero-order chi connectivity index (χ0) is 12.4. The highest BCUT2D eigenvalue weighted by molar-refractivity contribution is 9.10. The maximum atomic E-state index is 11.5. The number of aromatic nitrogens is 2. The van der Waals surface area contributed by atoms with Gasteiger partial charge in [-0.15, -0.1) is 0 Å². The molecule has 2 aromatic heterocycles. The summed E-state index contributed by atoms with van der Waals surface area (Å²) in [5.74, 6) is 0.157. The number of hydrogen-bond acceptors (Lipinski definition) is 4. The van der Waals surface area contributed by atoms with E-state index in [1.807, 2.05) is 0 Å². The van der Waals surface area contributed by atoms with Gasteiger partial charge in [0.15, 0.2) is 17.1 Å². The molecule has 0 aliphatic carbocycles. The number of esters is 1. The van der Waals surface area contributed by atoms with Gasteiger partial charge in [-0.1, -0.05) is 0 Å². The minimum atomic E-state index is -0.436. The molecule has 0 radical (unpaired) electrons. The second-order valence-electron chi connectivity index (χ2n) is 3.30. The van der Waals surface area contributed by atoms with Crippen LogP contribution in [-0.4, -0.2) is 29.1 Å². The molecular formula is C11H11BrN2O3. The first-order chi connectivity index (χ1) is 8.15. The Morgan fingerprint density at radius 2 is 2.29 bits per heavy atom. The number of rotatable bonds is 3. The SMILES string of the molecule is CCOC(=O)c1cn2cc(Br)cc(OC)c2n1. The number of hydrogen-bond donors (Lipinski definition) is 0. The second kappa shape index (κ2) is 4.75. The average molecular weight is 299 g/mol. The first-order valence-corrected chi connectivity index (χ1v) is 5.84. The number of pyridine rings is 1. The van der Waals surface area contributed by atoms with Crippen molar-refractivity contribution < 1.29 is 14.3 Å². The fraction of sp³-hybridized carbons (Fsp3) is 0.273. The Hall–Kier alpha value is -1.56. The number of carbonyl (C=O) groups excluding carboxylic acids is 1. The van der Waals surface area contributed by atoms with Gasteiger partial charge in [-0.3, -0.25) is 0 Å². The van der Waals surface area contributed by atoms with Crippen LogP contribution in [-0.2, 0) is 4.74 Å². The van der Waals surface area contributed by atoms with Crippen molar-refractivity contribution in [1.29, 1.82) is 0 Å². The minimum absolute atomic E-state index is 0.267. The Labute approximate surface area is 106 Å². The smallest absolute Gasteiger partial charge is 0.358 e. The molecule has 17 heavy (non-hydrogen) atoms. The van der Waals surface area contributed by atoms with Crippen molar-refractivity contribution in [2.45, 2.75) is 6.92 Å². The first kappa shape index (κ1) is 11.9. The van der Waals surface area contributed by atoms with Crippen molar-refractivity contribution >= 4 is 27.5 Å². The molecule has 0 aliphatic rings. The molecule has 0 spiro atoms. The van der Waals surface area contributed by atoms with Crippen molar-refractivity contribution in [3.8, 4) is 5.75 Å². The van der Waals surface area contributed by atoms with Crippen LogP contribution in [0.2, 0.25) is 0 Å². The zero-order valence-electron chi connectivity index (χ0n) is 9.44. The van der Waals surface area contributed by atoms with Crippen molar-refractivity contribution in [2.75, 3.05) is 13.7 Å². The van der Waals surface area contributed by atoms with Crippen LogP contribution in [0.3, 0.4) is 0 Å². The van der Waals surface area contributed by atoms with E-state index in [9.17, 15) is 4.79 Å². The van der Waals surface area contributed by atoms with E-state index < -0.39 is 5.97 Å². The quantitative estimate of drug-likeness (QED) is 0.816. The molecular weight excluding hydrogens is 288 g/mol. The molecule has 0 fully saturated rings. The third-order valence-corrected chi connectivity index (χ3v) is 2.62. The van der Waals surface area contributed by atoms with Crippen LogP contribution in [0.25, 0.3) is 5.65 Å². The molecule has 2 rings (SSSR count). The van der Waals surface area contributed by atoms with E-state index in [0.29, 0.717) is 18.0 Å². The van der Waals surface area contributed by atoms with Gasteiger partial charge >= 0.3 is 5.97 Å². The molecule has 0 aromatic carbocycles. The molecule has 2 heterocycles. The summed E-state index contributed by atoms with van der Waals surface area (Å²) in [5, 5.41) is 0. The molecule has 0 amide bonds. The number of carbonyl (C=O) groups is 1. The highest BCUT2D eigenvalue weighted by Crippen LogP contribution is 2.24. The predicted molar refractivity (Wildman–Crippen MR) is 65.4 cm³/mol. The van der Waals surface area contributed by atoms with Crippen LogP contribution in [0.15, 0.2) is 22.9 Å². The van der Waals surface area contributed by atoms with Gasteiger partial charge in [0.2, 0.25) is 0 Å². The van der Waals surface area contributed by atoms with Crippen LogP contribution >= 0.6 is 15.9 Å². The van der Waals surface area contributed by atoms with Crippen molar-refractivity contribution in [3.05, 3.63) is 28.6 Å². The van der Waals surface area contributed by atoms with Gasteiger partial charge in [0.05, 0.1) is 13.7 Å². The molecule has 6 heteroatoms. The predicted octanol–water partition coefficient (Wildman–Crippen LogP) is 2.28. The summed E-state index contributed by atoms with van der Waals surface area (Å²) in [6.45, 7) is 2.08. The fourth-order valence-electron chi connectivity index (χ4n) is 1.49. The maximum absolute atomic E-state index is 11.5. The standard InChI is InChI=1S/C11H11BrN2O3/c1-3-17-11(15)8-6-14-5-7(12)4-9(16-2)10(14)13-8/h4-6H,3H2,1-2H3. The molecule has 0 atom stereocenters. The van der Waals surface area contributed by atoms with E-state index in [-0.39, 0.29) is 5.69 Å². The van der Waals surface area contributed by atoms with Crippen molar-refractivity contribution in [1.82, 2.24) is 9.38 Å². The van der Waals surface area contributed by atoms with Crippen LogP contribution < -0.4 is 4.74 Å². The Morgan fingerprint density at radius 1 is 1.53 bits per heavy atom. The lowest BCUT2D eigenvalue weighted by Gasteiger charge is -2.02. The second-order valence-corrected chi connectivity index (χ2v) is 4.22. The number of fused-ring (bicyclic) bond motifs is 1. The van der Waals surface area contributed by atoms with Gasteiger partial charge in [-0.05, 0) is 28.9 Å². The van der Waals surface area contributed by atoms with E-state index in [1.54, 1.807) is 36.9 Å². The third kappa shape index (κ3) is 2.26. The van der Waals surface area contributed by atoms with Crippen molar-refractivity contribution in [3.63, 3.8) is 0 Å². The number of nitrogens with zero attached hydrogens (tertiary/aromatic N) is 2. The number of halogens is 1. The lowest BCUT2D eigenvalue weighted by Crippen LogP contribution is -2.04. The molecule has 0 unspecified atom stereocenters. The summed E-state index contributed by atoms with van der Waals surface area (Å²) in [6.07, 6.45) is 3.41. The zero-order valence-corrected chi connectivity index (χ0v) is 11.0. The molecule has 2 aromatic rings. The van der Waals surface area contributed by atoms with Crippen LogP contribution in [0, 0.1) is 0 Å². The van der Waals surface area contributed by atoms with E-state index in [4.69, 9.17) is 9.47 Å². The highest BCUT2D eigenvalue weighted by atomic mass is 79.9. The van der Waals surface area contributed by atoms with Gasteiger partial charge in [-0.25, -0.2) is 9.78 Å². The van der Waals surface area contributed by atoms with Crippen molar-refractivity contribution in [2.24, 2.45) is 0 Å². The minimum Gasteiger partial charge on any atom is -0.493 e. The fourth-order valence-corrected chi connectivity index (χ4v) is 1.92. The number of ether oxygens (including phenoxy) is 2. The number of methoxy groups -OCH3 is 1. The molecule has 0 saturated heterocycles. The molecule has 0 aliphatic heterocycles. The summed E-state index contributed by atoms with van der Waals surface area (Å²) in [6, 6.07) is 1.79. The molecule has 0 bridgehead atoms. The Balaban J connectivity index is 2.53. The Morgan fingerprint density at radius 3 is 2.94 bits per heavy atom. The van der Waals surface area contributed by atoms with E-state index in [2.05, 4.69) is 20.9 Å². The molecule has 5 nitrogen and oxygen atoms in total. The van der Waals surface area contributed by atoms with Gasteiger partial charge in [0, 0.05) is 16.9 Å². The normalized spacial score (nSPS) is 10.5. The third-order valence-electron chi connectivity index (χ3n) is 2.19. The summed E-state index contributed by atoms with van der Waals surface area (Å²) in [5.41, 5.74) is 0.849. The lowest BCUT2D eigenvalue weighted by molar-refractivity contribution is 0.0520. The van der Waals surface area contributed by atoms with E-state index in [1.165, 1.54) is 0 Å². The van der Waals surface area contributed by atoms with Gasteiger partial charge in [0.1, 0.15) is 0 Å². The number of imidazole rings is 1. The molecule has 0 saturated carbocycles. The highest BCUT2D eigenvalue weighted by Gasteiger charge is 2.14. The monoisotopic (exact) mass is 298 g/mol. The molecule has 90 valence electrons. The van der Waals surface area contributed by atoms with Gasteiger partial charge < -0.3 is 13.9 Å². The summed E-state index contributed by atoms with van der Waals surface area (Å²) >= 11 is 3.36. The average Bonchev–Trinajstić information content (AvgIpc) is 2.71. The van der Waals surface area contributed by atoms with Gasteiger partial charge in [-0.2, -0.15) is 0 Å². The Kier molecular flexibility index (Phi) is 3.33. The summed E-state index contributed by atoms with van der Waals surface area (Å²) in [7, 11) is 1.56. The largest absolute Gasteiger partial charge is 0.493 e.